The molecule has 0 saturated carbocycles. The van der Waals surface area contributed by atoms with Gasteiger partial charge in [0.05, 0.1) is 17.7 Å². The Morgan fingerprint density at radius 1 is 0.935 bits per heavy atom. The number of benzene rings is 1. The van der Waals surface area contributed by atoms with Crippen LogP contribution in [-0.4, -0.2) is 132 Å². The van der Waals surface area contributed by atoms with Gasteiger partial charge in [-0.1, -0.05) is 0 Å². The minimum absolute atomic E-state index is 0.0292. The van der Waals surface area contributed by atoms with E-state index in [1.807, 2.05) is 0 Å². The number of alkyl halides is 4. The lowest BCUT2D eigenvalue weighted by atomic mass is 10.2. The minimum Gasteiger partial charge on any atom is -0.487 e. The van der Waals surface area contributed by atoms with E-state index in [9.17, 15) is 48.5 Å². The molecule has 46 heavy (non-hydrogen) atoms. The van der Waals surface area contributed by atoms with E-state index in [0.29, 0.717) is 0 Å². The molecule has 1 aromatic rings. The maximum absolute atomic E-state index is 14.1. The number of nitrogens with zero attached hydrogens (tertiary/aromatic N) is 5. The van der Waals surface area contributed by atoms with Gasteiger partial charge in [0, 0.05) is 80.8 Å². The summed E-state index contributed by atoms with van der Waals surface area (Å²) < 4.78 is 45.8. The number of ether oxygens (including phenoxy) is 1. The molecule has 0 fully saturated rings. The van der Waals surface area contributed by atoms with Gasteiger partial charge >= 0.3 is 28.5 Å². The monoisotopic (exact) mass is 796 g/mol. The molecule has 0 aliphatic rings. The molecule has 0 heterocycles. The summed E-state index contributed by atoms with van der Waals surface area (Å²) in [7, 11) is -13.3. The van der Waals surface area contributed by atoms with Crippen LogP contribution in [0.25, 0.3) is 0 Å². The first kappa shape index (κ1) is 43.4. The summed E-state index contributed by atoms with van der Waals surface area (Å²) in [5.74, 6) is 0.557. The molecule has 0 unspecified atom stereocenters. The molecule has 1 aromatic carbocycles. The van der Waals surface area contributed by atoms with Crippen LogP contribution >= 0.6 is 69.2 Å². The first-order valence-corrected chi connectivity index (χ1v) is 20.5. The van der Waals surface area contributed by atoms with Crippen molar-refractivity contribution in [2.75, 3.05) is 76.4 Å². The van der Waals surface area contributed by atoms with Crippen LogP contribution < -0.4 is 9.93 Å². The second-order valence-electron chi connectivity index (χ2n) is 9.67. The topological polar surface area (TPSA) is 239 Å². The molecular weight excluding hydrogens is 759 g/mol. The maximum atomic E-state index is 14.1. The van der Waals surface area contributed by atoms with Crippen LogP contribution in [0.3, 0.4) is 0 Å². The predicted molar refractivity (Wildman–Crippen MR) is 179 cm³/mol. The molecule has 0 atom stereocenters. The highest BCUT2D eigenvalue weighted by atomic mass is 35.5. The molecule has 24 heteroatoms. The fraction of sp³-hybridized carbons (Fsp3) is 0.682. The second-order valence-corrected chi connectivity index (χ2v) is 17.6. The molecule has 0 spiro atoms. The van der Waals surface area contributed by atoms with Crippen molar-refractivity contribution in [3.63, 3.8) is 0 Å². The quantitative estimate of drug-likeness (QED) is 0.0220. The second kappa shape index (κ2) is 20.2. The number of halogens is 4. The molecule has 0 radical (unpaired) electrons. The van der Waals surface area contributed by atoms with Gasteiger partial charge in [0.2, 0.25) is 0 Å². The summed E-state index contributed by atoms with van der Waals surface area (Å²) in [4.78, 5) is 49.5. The Morgan fingerprint density at radius 2 is 1.43 bits per heavy atom. The van der Waals surface area contributed by atoms with Crippen LogP contribution in [0.15, 0.2) is 23.3 Å². The summed E-state index contributed by atoms with van der Waals surface area (Å²) in [6, 6.07) is 4.04. The fourth-order valence-electron chi connectivity index (χ4n) is 3.95. The van der Waals surface area contributed by atoms with Crippen molar-refractivity contribution in [3.05, 3.63) is 33.9 Å². The Hall–Kier alpha value is -0.580. The molecular formula is C22H39Cl4N6O11P3. The van der Waals surface area contributed by atoms with Crippen LogP contribution in [0.5, 0.6) is 5.75 Å². The highest BCUT2D eigenvalue weighted by Gasteiger charge is 2.58. The average Bonchev–Trinajstić information content (AvgIpc) is 2.96. The number of nitrogens with one attached hydrogen (secondary N) is 1. The van der Waals surface area contributed by atoms with E-state index >= 15 is 0 Å². The molecule has 0 amide bonds. The maximum Gasteiger partial charge on any atom is 0.369 e. The van der Waals surface area contributed by atoms with Crippen LogP contribution in [0.4, 0.5) is 5.69 Å². The lowest BCUT2D eigenvalue weighted by Gasteiger charge is -2.37. The van der Waals surface area contributed by atoms with E-state index in [2.05, 4.69) is 10.3 Å². The van der Waals surface area contributed by atoms with Crippen LogP contribution in [0, 0.1) is 10.1 Å². The zero-order valence-electron chi connectivity index (χ0n) is 24.8. The van der Waals surface area contributed by atoms with Crippen LogP contribution in [0.1, 0.15) is 18.4 Å². The van der Waals surface area contributed by atoms with Crippen LogP contribution in [0.2, 0.25) is 0 Å². The number of hydrogen-bond donors (Lipinski definition) is 6. The third kappa shape index (κ3) is 12.7. The van der Waals surface area contributed by atoms with Crippen molar-refractivity contribution >= 4 is 81.1 Å². The van der Waals surface area contributed by atoms with Gasteiger partial charge in [0.25, 0.3) is 5.08 Å². The summed E-state index contributed by atoms with van der Waals surface area (Å²) >= 11 is 23.7. The highest BCUT2D eigenvalue weighted by Crippen LogP contribution is 2.68. The Labute approximate surface area is 286 Å². The van der Waals surface area contributed by atoms with Gasteiger partial charge in [-0.2, -0.15) is 5.10 Å². The Balaban J connectivity index is 2.98. The van der Waals surface area contributed by atoms with Gasteiger partial charge < -0.3 is 34.3 Å². The Morgan fingerprint density at radius 3 is 1.87 bits per heavy atom. The van der Waals surface area contributed by atoms with Gasteiger partial charge in [0.15, 0.2) is 5.75 Å². The van der Waals surface area contributed by atoms with E-state index in [-0.39, 0.29) is 92.8 Å². The van der Waals surface area contributed by atoms with E-state index in [1.54, 1.807) is 9.34 Å². The van der Waals surface area contributed by atoms with Crippen molar-refractivity contribution in [1.82, 2.24) is 19.4 Å². The van der Waals surface area contributed by atoms with Gasteiger partial charge in [-0.15, -0.1) is 46.4 Å². The summed E-state index contributed by atoms with van der Waals surface area (Å²) in [6.45, 7) is 0.733. The third-order valence-electron chi connectivity index (χ3n) is 6.42. The SMILES string of the molecule is CN(CCCOc1ccc(/C=N/NP(=O)(N(CCCl)CCCl)N(CCCl)CCCl)cc1[N+](=O)[O-])CCC(O)(P(=O)(O)O)P(=O)(O)O. The molecule has 0 aliphatic heterocycles. The molecule has 6 N–H and O–H groups in total. The van der Waals surface area contributed by atoms with Gasteiger partial charge in [0.1, 0.15) is 0 Å². The number of hydrazone groups is 1. The van der Waals surface area contributed by atoms with Crippen molar-refractivity contribution < 1.29 is 48.0 Å². The van der Waals surface area contributed by atoms with Gasteiger partial charge in [-0.05, 0) is 25.6 Å². The summed E-state index contributed by atoms with van der Waals surface area (Å²) in [5.41, 5.74) is -0.103. The van der Waals surface area contributed by atoms with Gasteiger partial charge in [-0.25, -0.2) is 14.5 Å². The normalized spacial score (nSPS) is 13.3. The molecule has 0 aliphatic carbocycles. The number of nitro groups is 1. The third-order valence-corrected chi connectivity index (χ3v) is 13.7. The number of aliphatic hydroxyl groups is 1. The number of rotatable bonds is 24. The van der Waals surface area contributed by atoms with Crippen molar-refractivity contribution in [3.8, 4) is 5.75 Å². The molecule has 0 aromatic heterocycles. The lowest BCUT2D eigenvalue weighted by Crippen LogP contribution is -2.40. The lowest BCUT2D eigenvalue weighted by molar-refractivity contribution is -0.385. The fourth-order valence-corrected chi connectivity index (χ4v) is 9.68. The smallest absolute Gasteiger partial charge is 0.369 e. The summed E-state index contributed by atoms with van der Waals surface area (Å²) in [5, 5.41) is 25.0. The van der Waals surface area contributed by atoms with Crippen LogP contribution in [-0.2, 0) is 13.7 Å². The largest absolute Gasteiger partial charge is 0.487 e. The zero-order valence-corrected chi connectivity index (χ0v) is 30.5. The first-order valence-electron chi connectivity index (χ1n) is 13.5. The Kier molecular flexibility index (Phi) is 19.1. The molecule has 0 saturated heterocycles. The van der Waals surface area contributed by atoms with E-state index in [0.717, 1.165) is 0 Å². The van der Waals surface area contributed by atoms with E-state index in [4.69, 9.17) is 51.1 Å². The zero-order chi connectivity index (χ0) is 35.2. The first-order chi connectivity index (χ1) is 21.4. The van der Waals surface area contributed by atoms with Crippen molar-refractivity contribution in [1.29, 1.82) is 0 Å². The van der Waals surface area contributed by atoms with E-state index < -0.39 is 39.2 Å². The molecule has 1 rings (SSSR count). The van der Waals surface area contributed by atoms with Gasteiger partial charge in [-0.3, -0.25) is 23.8 Å². The van der Waals surface area contributed by atoms with Crippen molar-refractivity contribution in [2.24, 2.45) is 5.10 Å². The number of hydrogen-bond acceptors (Lipinski definition) is 9. The minimum atomic E-state index is -5.57. The molecule has 17 nitrogen and oxygen atoms in total. The average molecular weight is 798 g/mol. The standard InChI is InChI=1S/C22H39Cl4N6O11P3/c1-29(11-5-22(33,44(36,37)38)45(39,40)41)10-2-16-43-21-4-3-19(17-20(21)32(34)35)18-27-28-46(42,30(12-6-23)13-7-24)31(14-8-25)15-9-26/h3-4,17-18,33H,2,5-16H2,1H3,(H,28,42)(H2,36,37,38)(H2,39,40,41)/b27-18+. The highest BCUT2D eigenvalue weighted by molar-refractivity contribution is 7.72. The summed E-state index contributed by atoms with van der Waals surface area (Å²) in [6.07, 6.45) is 0.586. The Bertz CT molecular complexity index is 1240. The molecule has 266 valence electrons. The predicted octanol–water partition coefficient (Wildman–Crippen LogP) is 3.28. The van der Waals surface area contributed by atoms with E-state index in [1.165, 1.54) is 36.4 Å². The number of nitro benzene ring substituents is 1. The van der Waals surface area contributed by atoms with Crippen molar-refractivity contribution in [2.45, 2.75) is 17.9 Å². The molecule has 0 bridgehead atoms.